The minimum absolute atomic E-state index is 0.171. The molecule has 6 nitrogen and oxygen atoms in total. The van der Waals surface area contributed by atoms with Crippen LogP contribution in [0.4, 0.5) is 0 Å². The molecule has 148 valence electrons. The molecule has 1 atom stereocenters. The first kappa shape index (κ1) is 19.6. The second-order valence-corrected chi connectivity index (χ2v) is 7.93. The van der Waals surface area contributed by atoms with Gasteiger partial charge in [0.05, 0.1) is 7.11 Å². The number of esters is 1. The number of aromatic nitrogens is 1. The van der Waals surface area contributed by atoms with Crippen molar-refractivity contribution in [2.75, 3.05) is 13.7 Å². The van der Waals surface area contributed by atoms with Gasteiger partial charge in [0.1, 0.15) is 11.6 Å². The number of likely N-dealkylation sites (tertiary alicyclic amines) is 1. The molecule has 0 radical (unpaired) electrons. The Labute approximate surface area is 160 Å². The van der Waals surface area contributed by atoms with Gasteiger partial charge in [0, 0.05) is 18.8 Å². The van der Waals surface area contributed by atoms with Crippen LogP contribution < -0.4 is 5.56 Å². The van der Waals surface area contributed by atoms with Crippen LogP contribution >= 0.6 is 0 Å². The van der Waals surface area contributed by atoms with Crippen LogP contribution in [0.5, 0.6) is 0 Å². The third kappa shape index (κ3) is 3.94. The molecule has 0 bridgehead atoms. The molecule has 2 fully saturated rings. The van der Waals surface area contributed by atoms with E-state index in [1.165, 1.54) is 31.3 Å². The number of hydrogen-bond donors (Lipinski definition) is 0. The molecule has 27 heavy (non-hydrogen) atoms. The lowest BCUT2D eigenvalue weighted by Crippen LogP contribution is -2.44. The average Bonchev–Trinajstić information content (AvgIpc) is 3.17. The Morgan fingerprint density at radius 2 is 1.81 bits per heavy atom. The van der Waals surface area contributed by atoms with Crippen LogP contribution in [0.1, 0.15) is 66.6 Å². The summed E-state index contributed by atoms with van der Waals surface area (Å²) in [7, 11) is 1.33. The molecule has 1 aliphatic carbocycles. The Balaban J connectivity index is 1.92. The third-order valence-corrected chi connectivity index (χ3v) is 6.19. The highest BCUT2D eigenvalue weighted by atomic mass is 16.5. The molecule has 0 spiro atoms. The van der Waals surface area contributed by atoms with Gasteiger partial charge in [-0.25, -0.2) is 4.79 Å². The van der Waals surface area contributed by atoms with Gasteiger partial charge in [-0.3, -0.25) is 9.59 Å². The van der Waals surface area contributed by atoms with Crippen LogP contribution in [0.3, 0.4) is 0 Å². The van der Waals surface area contributed by atoms with E-state index in [0.717, 1.165) is 30.5 Å². The van der Waals surface area contributed by atoms with Gasteiger partial charge in [-0.05, 0) is 57.1 Å². The van der Waals surface area contributed by atoms with E-state index in [1.807, 2.05) is 13.8 Å². The first-order chi connectivity index (χ1) is 12.9. The standard InChI is InChI=1S/C21H30N2O4/c1-14-12-17(19(24)22-11-7-10-18(22)21(26)27-3)20(25)23(15(14)2)13-16-8-5-4-6-9-16/h12,16,18H,4-11,13H2,1-3H3/t18-/m1/s1. The molecule has 0 aromatic carbocycles. The zero-order valence-electron chi connectivity index (χ0n) is 16.6. The fourth-order valence-corrected chi connectivity index (χ4v) is 4.44. The lowest BCUT2D eigenvalue weighted by molar-refractivity contribution is -0.145. The van der Waals surface area contributed by atoms with E-state index in [9.17, 15) is 14.4 Å². The number of hydrogen-bond acceptors (Lipinski definition) is 4. The lowest BCUT2D eigenvalue weighted by Gasteiger charge is -2.26. The van der Waals surface area contributed by atoms with E-state index in [1.54, 1.807) is 10.6 Å². The monoisotopic (exact) mass is 374 g/mol. The molecule has 1 aromatic rings. The van der Waals surface area contributed by atoms with Crippen molar-refractivity contribution < 1.29 is 14.3 Å². The summed E-state index contributed by atoms with van der Waals surface area (Å²) >= 11 is 0. The number of ether oxygens (including phenoxy) is 1. The molecule has 1 aromatic heterocycles. The molecule has 6 heteroatoms. The number of amides is 1. The summed E-state index contributed by atoms with van der Waals surface area (Å²) < 4.78 is 6.61. The van der Waals surface area contributed by atoms with E-state index in [-0.39, 0.29) is 17.0 Å². The fraction of sp³-hybridized carbons (Fsp3) is 0.667. The predicted molar refractivity (Wildman–Crippen MR) is 103 cm³/mol. The van der Waals surface area contributed by atoms with Gasteiger partial charge in [-0.1, -0.05) is 19.3 Å². The van der Waals surface area contributed by atoms with Gasteiger partial charge in [-0.2, -0.15) is 0 Å². The van der Waals surface area contributed by atoms with Crippen molar-refractivity contribution in [3.63, 3.8) is 0 Å². The van der Waals surface area contributed by atoms with Gasteiger partial charge in [0.15, 0.2) is 0 Å². The Kier molecular flexibility index (Phi) is 6.02. The number of methoxy groups -OCH3 is 1. The minimum Gasteiger partial charge on any atom is -0.467 e. The molecule has 0 N–H and O–H groups in total. The molecular formula is C21H30N2O4. The molecule has 2 aliphatic rings. The number of carbonyl (C=O) groups excluding carboxylic acids is 2. The number of rotatable bonds is 4. The Morgan fingerprint density at radius 3 is 2.48 bits per heavy atom. The van der Waals surface area contributed by atoms with Crippen molar-refractivity contribution in [1.82, 2.24) is 9.47 Å². The maximum Gasteiger partial charge on any atom is 0.328 e. The van der Waals surface area contributed by atoms with Crippen molar-refractivity contribution in [3.05, 3.63) is 33.2 Å². The zero-order chi connectivity index (χ0) is 19.6. The second-order valence-electron chi connectivity index (χ2n) is 7.93. The second kappa shape index (κ2) is 8.28. The van der Waals surface area contributed by atoms with Gasteiger partial charge in [0.2, 0.25) is 0 Å². The number of aryl methyl sites for hydroxylation is 1. The third-order valence-electron chi connectivity index (χ3n) is 6.19. The van der Waals surface area contributed by atoms with Crippen molar-refractivity contribution in [2.24, 2.45) is 5.92 Å². The zero-order valence-corrected chi connectivity index (χ0v) is 16.6. The Bertz CT molecular complexity index is 777. The molecule has 2 heterocycles. The largest absolute Gasteiger partial charge is 0.467 e. The SMILES string of the molecule is COC(=O)[C@H]1CCCN1C(=O)c1cc(C)c(C)n(CC2CCCCC2)c1=O. The van der Waals surface area contributed by atoms with E-state index in [2.05, 4.69) is 0 Å². The number of carbonyl (C=O) groups is 2. The highest BCUT2D eigenvalue weighted by Crippen LogP contribution is 2.26. The lowest BCUT2D eigenvalue weighted by atomic mass is 9.89. The van der Waals surface area contributed by atoms with E-state index in [4.69, 9.17) is 4.74 Å². The molecule has 1 saturated carbocycles. The van der Waals surface area contributed by atoms with Crippen LogP contribution in [0, 0.1) is 19.8 Å². The van der Waals surface area contributed by atoms with Crippen LogP contribution in [0.2, 0.25) is 0 Å². The highest BCUT2D eigenvalue weighted by molar-refractivity contribution is 5.97. The smallest absolute Gasteiger partial charge is 0.328 e. The van der Waals surface area contributed by atoms with E-state index >= 15 is 0 Å². The van der Waals surface area contributed by atoms with Crippen LogP contribution in [-0.2, 0) is 16.1 Å². The summed E-state index contributed by atoms with van der Waals surface area (Å²) in [4.78, 5) is 39.8. The molecule has 3 rings (SSSR count). The molecule has 0 unspecified atom stereocenters. The van der Waals surface area contributed by atoms with Crippen molar-refractivity contribution in [3.8, 4) is 0 Å². The topological polar surface area (TPSA) is 68.6 Å². The van der Waals surface area contributed by atoms with Gasteiger partial charge >= 0.3 is 5.97 Å². The molecule has 1 saturated heterocycles. The Morgan fingerprint density at radius 1 is 1.11 bits per heavy atom. The normalized spacial score (nSPS) is 20.7. The van der Waals surface area contributed by atoms with Crippen LogP contribution in [0.25, 0.3) is 0 Å². The van der Waals surface area contributed by atoms with Crippen LogP contribution in [0.15, 0.2) is 10.9 Å². The molecule has 1 aliphatic heterocycles. The number of pyridine rings is 1. The van der Waals surface area contributed by atoms with Gasteiger partial charge in [-0.15, -0.1) is 0 Å². The summed E-state index contributed by atoms with van der Waals surface area (Å²) in [6, 6.07) is 1.10. The average molecular weight is 374 g/mol. The fourth-order valence-electron chi connectivity index (χ4n) is 4.44. The van der Waals surface area contributed by atoms with Gasteiger partial charge < -0.3 is 14.2 Å². The highest BCUT2D eigenvalue weighted by Gasteiger charge is 2.36. The summed E-state index contributed by atoms with van der Waals surface area (Å²) in [5.74, 6) is -0.268. The summed E-state index contributed by atoms with van der Waals surface area (Å²) in [6.45, 7) is 5.03. The number of nitrogens with zero attached hydrogens (tertiary/aromatic N) is 2. The maximum absolute atomic E-state index is 13.2. The van der Waals surface area contributed by atoms with Crippen molar-refractivity contribution >= 4 is 11.9 Å². The summed E-state index contributed by atoms with van der Waals surface area (Å²) in [5.41, 5.74) is 1.80. The van der Waals surface area contributed by atoms with E-state index in [0.29, 0.717) is 25.4 Å². The summed E-state index contributed by atoms with van der Waals surface area (Å²) in [5, 5.41) is 0. The first-order valence-corrected chi connectivity index (χ1v) is 10.0. The van der Waals surface area contributed by atoms with Gasteiger partial charge in [0.25, 0.3) is 11.5 Å². The van der Waals surface area contributed by atoms with Crippen LogP contribution in [-0.4, -0.2) is 41.0 Å². The minimum atomic E-state index is -0.588. The quantitative estimate of drug-likeness (QED) is 0.760. The Hall–Kier alpha value is -2.11. The van der Waals surface area contributed by atoms with Crippen molar-refractivity contribution in [1.29, 1.82) is 0 Å². The summed E-state index contributed by atoms with van der Waals surface area (Å²) in [6.07, 6.45) is 7.30. The van der Waals surface area contributed by atoms with Crippen molar-refractivity contribution in [2.45, 2.75) is 71.4 Å². The molecular weight excluding hydrogens is 344 g/mol. The van der Waals surface area contributed by atoms with E-state index < -0.39 is 12.0 Å². The predicted octanol–water partition coefficient (Wildman–Crippen LogP) is 2.82. The maximum atomic E-state index is 13.2. The molecule has 1 amide bonds. The first-order valence-electron chi connectivity index (χ1n) is 10.0.